The molecule has 1 heterocycles. The summed E-state index contributed by atoms with van der Waals surface area (Å²) in [7, 11) is 1.31. The maximum absolute atomic E-state index is 12.5. The minimum absolute atomic E-state index is 0.292. The molecular weight excluding hydrogens is 416 g/mol. The Hall–Kier alpha value is -3.65. The number of nitrogens with two attached hydrogens (primary N) is 1. The molecule has 1 aromatic heterocycles. The molecule has 1 aliphatic carbocycles. The molecule has 0 aliphatic heterocycles. The monoisotopic (exact) mass is 436 g/mol. The summed E-state index contributed by atoms with van der Waals surface area (Å²) >= 11 is 1.32. The van der Waals surface area contributed by atoms with Gasteiger partial charge in [0.1, 0.15) is 5.00 Å². The highest BCUT2D eigenvalue weighted by atomic mass is 32.1. The van der Waals surface area contributed by atoms with Crippen molar-refractivity contribution in [2.24, 2.45) is 0 Å². The molecule has 7 nitrogen and oxygen atoms in total. The van der Waals surface area contributed by atoms with Crippen LogP contribution in [0.25, 0.3) is 10.4 Å². The first-order valence-electron chi connectivity index (χ1n) is 9.62. The van der Waals surface area contributed by atoms with Crippen molar-refractivity contribution in [3.8, 4) is 10.4 Å². The first-order chi connectivity index (χ1) is 15.0. The van der Waals surface area contributed by atoms with Crippen LogP contribution in [0.4, 0.5) is 10.7 Å². The van der Waals surface area contributed by atoms with Crippen LogP contribution in [0.2, 0.25) is 0 Å². The van der Waals surface area contributed by atoms with E-state index in [1.54, 1.807) is 12.1 Å². The van der Waals surface area contributed by atoms with Crippen molar-refractivity contribution in [2.75, 3.05) is 24.8 Å². The van der Waals surface area contributed by atoms with Gasteiger partial charge in [-0.3, -0.25) is 4.79 Å². The van der Waals surface area contributed by atoms with Crippen molar-refractivity contribution < 1.29 is 23.9 Å². The number of ether oxygens (including phenoxy) is 2. The van der Waals surface area contributed by atoms with E-state index in [-0.39, 0.29) is 0 Å². The molecule has 31 heavy (non-hydrogen) atoms. The number of esters is 2. The Morgan fingerprint density at radius 2 is 1.77 bits per heavy atom. The zero-order chi connectivity index (χ0) is 22.0. The standard InChI is InChI=1S/C23H20N2O5S/c1-29-23(28)19-17-11-8-13-4-2-3-5-16(13)20(17)31-21(19)25-18(26)12-30-22(27)14-6-9-15(24)10-7-14/h2-7,9-10H,8,11-12,24H2,1H3,(H,25,26). The highest BCUT2D eigenvalue weighted by molar-refractivity contribution is 7.20. The Labute approximate surface area is 182 Å². The molecule has 158 valence electrons. The van der Waals surface area contributed by atoms with E-state index in [9.17, 15) is 14.4 Å². The number of hydrogen-bond donors (Lipinski definition) is 2. The number of carbonyl (C=O) groups excluding carboxylic acids is 3. The van der Waals surface area contributed by atoms with Gasteiger partial charge in [-0.2, -0.15) is 0 Å². The minimum atomic E-state index is -0.636. The predicted molar refractivity (Wildman–Crippen MR) is 118 cm³/mol. The van der Waals surface area contributed by atoms with Gasteiger partial charge in [-0.1, -0.05) is 24.3 Å². The summed E-state index contributed by atoms with van der Waals surface area (Å²) < 4.78 is 10.0. The van der Waals surface area contributed by atoms with Crippen LogP contribution in [0.3, 0.4) is 0 Å². The molecule has 8 heteroatoms. The average molecular weight is 436 g/mol. The van der Waals surface area contributed by atoms with Crippen molar-refractivity contribution in [2.45, 2.75) is 12.8 Å². The maximum Gasteiger partial charge on any atom is 0.341 e. The summed E-state index contributed by atoms with van der Waals surface area (Å²) in [4.78, 5) is 38.0. The number of rotatable bonds is 5. The van der Waals surface area contributed by atoms with Crippen LogP contribution < -0.4 is 11.1 Å². The van der Waals surface area contributed by atoms with Crippen molar-refractivity contribution in [1.82, 2.24) is 0 Å². The highest BCUT2D eigenvalue weighted by Crippen LogP contribution is 2.45. The summed E-state index contributed by atoms with van der Waals surface area (Å²) in [5, 5.41) is 3.10. The van der Waals surface area contributed by atoms with Crippen LogP contribution >= 0.6 is 11.3 Å². The van der Waals surface area contributed by atoms with Gasteiger partial charge in [-0.05, 0) is 53.8 Å². The lowest BCUT2D eigenvalue weighted by Crippen LogP contribution is -2.21. The van der Waals surface area contributed by atoms with Crippen molar-refractivity contribution in [3.63, 3.8) is 0 Å². The third-order valence-electron chi connectivity index (χ3n) is 5.04. The van der Waals surface area contributed by atoms with Crippen LogP contribution in [0.5, 0.6) is 0 Å². The number of amides is 1. The fourth-order valence-corrected chi connectivity index (χ4v) is 4.86. The molecule has 0 saturated heterocycles. The lowest BCUT2D eigenvalue weighted by Gasteiger charge is -2.16. The van der Waals surface area contributed by atoms with Crippen LogP contribution in [-0.2, 0) is 27.1 Å². The molecule has 0 atom stereocenters. The number of carbonyl (C=O) groups is 3. The zero-order valence-electron chi connectivity index (χ0n) is 16.8. The first-order valence-corrected chi connectivity index (χ1v) is 10.4. The van der Waals surface area contributed by atoms with Gasteiger partial charge < -0.3 is 20.5 Å². The van der Waals surface area contributed by atoms with Gasteiger partial charge in [0.2, 0.25) is 0 Å². The average Bonchev–Trinajstić information content (AvgIpc) is 3.15. The number of nitrogen functional groups attached to an aromatic ring is 1. The number of anilines is 2. The Kier molecular flexibility index (Phi) is 5.73. The molecular formula is C23H20N2O5S. The highest BCUT2D eigenvalue weighted by Gasteiger charge is 2.29. The second-order valence-electron chi connectivity index (χ2n) is 7.01. The molecule has 0 radical (unpaired) electrons. The third-order valence-corrected chi connectivity index (χ3v) is 6.22. The SMILES string of the molecule is COC(=O)c1c(NC(=O)COC(=O)c2ccc(N)cc2)sc2c1CCc1ccccc1-2. The molecule has 4 rings (SSSR count). The fourth-order valence-electron chi connectivity index (χ4n) is 3.54. The van der Waals surface area contributed by atoms with E-state index >= 15 is 0 Å². The third kappa shape index (κ3) is 4.15. The quantitative estimate of drug-likeness (QED) is 0.467. The maximum atomic E-state index is 12.5. The fraction of sp³-hybridized carbons (Fsp3) is 0.174. The summed E-state index contributed by atoms with van der Waals surface area (Å²) in [6.07, 6.45) is 1.48. The second-order valence-corrected chi connectivity index (χ2v) is 8.03. The smallest absolute Gasteiger partial charge is 0.341 e. The van der Waals surface area contributed by atoms with Gasteiger partial charge in [0.05, 0.1) is 18.2 Å². The molecule has 0 fully saturated rings. The number of thiophene rings is 1. The van der Waals surface area contributed by atoms with Crippen LogP contribution in [-0.4, -0.2) is 31.6 Å². The Bertz CT molecular complexity index is 1170. The summed E-state index contributed by atoms with van der Waals surface area (Å²) in [6, 6.07) is 14.2. The number of aryl methyl sites for hydroxylation is 1. The molecule has 0 spiro atoms. The van der Waals surface area contributed by atoms with Gasteiger partial charge in [0, 0.05) is 10.6 Å². The van der Waals surface area contributed by atoms with Crippen LogP contribution in [0.15, 0.2) is 48.5 Å². The van der Waals surface area contributed by atoms with Crippen molar-refractivity contribution in [1.29, 1.82) is 0 Å². The van der Waals surface area contributed by atoms with E-state index in [2.05, 4.69) is 11.4 Å². The van der Waals surface area contributed by atoms with Gasteiger partial charge in [0.15, 0.2) is 6.61 Å². The van der Waals surface area contributed by atoms with Crippen LogP contribution in [0.1, 0.15) is 31.8 Å². The molecule has 3 N–H and O–H groups in total. The lowest BCUT2D eigenvalue weighted by molar-refractivity contribution is -0.119. The van der Waals surface area contributed by atoms with Gasteiger partial charge in [0.25, 0.3) is 5.91 Å². The Balaban J connectivity index is 1.53. The largest absolute Gasteiger partial charge is 0.465 e. The van der Waals surface area contributed by atoms with E-state index in [1.807, 2.05) is 18.2 Å². The van der Waals surface area contributed by atoms with E-state index < -0.39 is 24.5 Å². The van der Waals surface area contributed by atoms with Crippen LogP contribution in [0, 0.1) is 0 Å². The first kappa shape index (κ1) is 20.6. The summed E-state index contributed by atoms with van der Waals surface area (Å²) in [5.41, 5.74) is 9.89. The number of methoxy groups -OCH3 is 1. The molecule has 2 aromatic carbocycles. The zero-order valence-corrected chi connectivity index (χ0v) is 17.6. The molecule has 0 unspecified atom stereocenters. The van der Waals surface area contributed by atoms with Crippen molar-refractivity contribution >= 4 is 39.9 Å². The van der Waals surface area contributed by atoms with E-state index in [0.29, 0.717) is 28.2 Å². The molecule has 3 aromatic rings. The number of fused-ring (bicyclic) bond motifs is 3. The molecule has 1 amide bonds. The lowest BCUT2D eigenvalue weighted by atomic mass is 9.89. The van der Waals surface area contributed by atoms with Gasteiger partial charge in [-0.25, -0.2) is 9.59 Å². The predicted octanol–water partition coefficient (Wildman–Crippen LogP) is 3.68. The van der Waals surface area contributed by atoms with Gasteiger partial charge >= 0.3 is 11.9 Å². The Morgan fingerprint density at radius 1 is 1.03 bits per heavy atom. The number of nitrogens with one attached hydrogen (secondary N) is 1. The number of hydrogen-bond acceptors (Lipinski definition) is 7. The van der Waals surface area contributed by atoms with E-state index in [1.165, 1.54) is 36.1 Å². The van der Waals surface area contributed by atoms with E-state index in [4.69, 9.17) is 15.2 Å². The Morgan fingerprint density at radius 3 is 2.52 bits per heavy atom. The molecule has 0 bridgehead atoms. The number of benzene rings is 2. The summed E-state index contributed by atoms with van der Waals surface area (Å²) in [5.74, 6) is -1.69. The molecule has 0 saturated carbocycles. The minimum Gasteiger partial charge on any atom is -0.465 e. The molecule has 1 aliphatic rings. The summed E-state index contributed by atoms with van der Waals surface area (Å²) in [6.45, 7) is -0.483. The second kappa shape index (κ2) is 8.61. The normalized spacial score (nSPS) is 11.8. The van der Waals surface area contributed by atoms with E-state index in [0.717, 1.165) is 22.4 Å². The topological polar surface area (TPSA) is 108 Å². The van der Waals surface area contributed by atoms with Gasteiger partial charge in [-0.15, -0.1) is 11.3 Å². The van der Waals surface area contributed by atoms with Crippen molar-refractivity contribution in [3.05, 3.63) is 70.8 Å².